The Labute approximate surface area is 112 Å². The quantitative estimate of drug-likeness (QED) is 0.646. The van der Waals surface area contributed by atoms with Crippen molar-refractivity contribution in [2.75, 3.05) is 5.32 Å². The Balaban J connectivity index is 3.02. The molecule has 1 aromatic rings. The summed E-state index contributed by atoms with van der Waals surface area (Å²) in [6.45, 7) is 7.30. The van der Waals surface area contributed by atoms with E-state index in [1.165, 1.54) is 6.07 Å². The molecular formula is C13H19N3O3. The van der Waals surface area contributed by atoms with Gasteiger partial charge < -0.3 is 11.1 Å². The number of nitro groups is 1. The Morgan fingerprint density at radius 1 is 1.42 bits per heavy atom. The molecule has 6 nitrogen and oxygen atoms in total. The second-order valence-electron chi connectivity index (χ2n) is 5.61. The predicted octanol–water partition coefficient (Wildman–Crippen LogP) is 2.22. The molecular weight excluding hydrogens is 246 g/mol. The van der Waals surface area contributed by atoms with Crippen molar-refractivity contribution in [3.05, 3.63) is 33.9 Å². The number of aryl methyl sites for hydroxylation is 1. The molecule has 1 atom stereocenters. The van der Waals surface area contributed by atoms with E-state index in [0.717, 1.165) is 5.56 Å². The minimum absolute atomic E-state index is 0.139. The molecule has 104 valence electrons. The molecule has 0 heterocycles. The van der Waals surface area contributed by atoms with Gasteiger partial charge in [0, 0.05) is 6.07 Å². The molecule has 0 aliphatic rings. The fraction of sp³-hybridized carbons (Fsp3) is 0.462. The summed E-state index contributed by atoms with van der Waals surface area (Å²) in [6, 6.07) is 3.81. The number of hydrogen-bond donors (Lipinski definition) is 2. The number of benzene rings is 1. The van der Waals surface area contributed by atoms with Crippen LogP contribution in [0.15, 0.2) is 18.2 Å². The summed E-state index contributed by atoms with van der Waals surface area (Å²) in [7, 11) is 0. The van der Waals surface area contributed by atoms with Crippen molar-refractivity contribution < 1.29 is 9.72 Å². The van der Waals surface area contributed by atoms with E-state index in [2.05, 4.69) is 5.32 Å². The second-order valence-corrected chi connectivity index (χ2v) is 5.61. The number of anilines is 1. The van der Waals surface area contributed by atoms with Crippen molar-refractivity contribution in [2.24, 2.45) is 11.1 Å². The summed E-state index contributed by atoms with van der Waals surface area (Å²) in [5.74, 6) is -0.429. The standard InChI is InChI=1S/C13H19N3O3/c1-8-5-6-10(16(18)19)9(7-8)15-12(17)11(14)13(2,3)4/h5-7,11H,14H2,1-4H3,(H,15,17). The summed E-state index contributed by atoms with van der Waals surface area (Å²) in [4.78, 5) is 22.4. The van der Waals surface area contributed by atoms with Gasteiger partial charge in [-0.25, -0.2) is 0 Å². The Bertz CT molecular complexity index is 506. The number of nitrogens with two attached hydrogens (primary N) is 1. The van der Waals surface area contributed by atoms with Crippen LogP contribution >= 0.6 is 0 Å². The number of carbonyl (C=O) groups excluding carboxylic acids is 1. The van der Waals surface area contributed by atoms with E-state index in [-0.39, 0.29) is 11.4 Å². The summed E-state index contributed by atoms with van der Waals surface area (Å²) in [5.41, 5.74) is 6.27. The third kappa shape index (κ3) is 3.75. The lowest BCUT2D eigenvalue weighted by Gasteiger charge is -2.25. The fourth-order valence-corrected chi connectivity index (χ4v) is 1.51. The van der Waals surface area contributed by atoms with Gasteiger partial charge in [0.25, 0.3) is 5.69 Å². The molecule has 1 aromatic carbocycles. The first-order valence-corrected chi connectivity index (χ1v) is 5.94. The van der Waals surface area contributed by atoms with E-state index in [4.69, 9.17) is 5.73 Å². The number of carbonyl (C=O) groups is 1. The molecule has 0 saturated heterocycles. The molecule has 19 heavy (non-hydrogen) atoms. The van der Waals surface area contributed by atoms with Crippen LogP contribution in [-0.4, -0.2) is 16.9 Å². The molecule has 0 spiro atoms. The summed E-state index contributed by atoms with van der Waals surface area (Å²) in [6.07, 6.45) is 0. The Morgan fingerprint density at radius 2 is 2.00 bits per heavy atom. The lowest BCUT2D eigenvalue weighted by atomic mass is 9.87. The van der Waals surface area contributed by atoms with Gasteiger partial charge in [-0.15, -0.1) is 0 Å². The number of nitrogens with one attached hydrogen (secondary N) is 1. The van der Waals surface area contributed by atoms with E-state index in [1.54, 1.807) is 19.1 Å². The van der Waals surface area contributed by atoms with E-state index in [1.807, 2.05) is 20.8 Å². The molecule has 0 bridgehead atoms. The zero-order valence-corrected chi connectivity index (χ0v) is 11.6. The van der Waals surface area contributed by atoms with Crippen LogP contribution in [0.1, 0.15) is 26.3 Å². The summed E-state index contributed by atoms with van der Waals surface area (Å²) in [5, 5.41) is 13.4. The van der Waals surface area contributed by atoms with Crippen molar-refractivity contribution in [2.45, 2.75) is 33.7 Å². The van der Waals surface area contributed by atoms with Crippen LogP contribution in [0.2, 0.25) is 0 Å². The maximum atomic E-state index is 12.0. The van der Waals surface area contributed by atoms with Gasteiger partial charge in [0.15, 0.2) is 0 Å². The minimum Gasteiger partial charge on any atom is -0.319 e. The number of nitrogens with zero attached hydrogens (tertiary/aromatic N) is 1. The monoisotopic (exact) mass is 265 g/mol. The van der Waals surface area contributed by atoms with Crippen LogP contribution in [0.3, 0.4) is 0 Å². The van der Waals surface area contributed by atoms with Crippen LogP contribution in [0.4, 0.5) is 11.4 Å². The highest BCUT2D eigenvalue weighted by Gasteiger charge is 2.28. The van der Waals surface area contributed by atoms with Crippen LogP contribution in [0, 0.1) is 22.5 Å². The molecule has 0 aliphatic heterocycles. The fourth-order valence-electron chi connectivity index (χ4n) is 1.51. The first-order chi connectivity index (χ1) is 8.62. The lowest BCUT2D eigenvalue weighted by molar-refractivity contribution is -0.383. The first-order valence-electron chi connectivity index (χ1n) is 5.94. The maximum Gasteiger partial charge on any atom is 0.292 e. The highest BCUT2D eigenvalue weighted by molar-refractivity contribution is 5.97. The number of hydrogen-bond acceptors (Lipinski definition) is 4. The van der Waals surface area contributed by atoms with Gasteiger partial charge in [0.2, 0.25) is 5.91 Å². The Kier molecular flexibility index (Phi) is 4.26. The van der Waals surface area contributed by atoms with Crippen LogP contribution in [0.25, 0.3) is 0 Å². The van der Waals surface area contributed by atoms with Crippen molar-refractivity contribution in [3.8, 4) is 0 Å². The van der Waals surface area contributed by atoms with Gasteiger partial charge in [-0.05, 0) is 24.0 Å². The van der Waals surface area contributed by atoms with Crippen LogP contribution < -0.4 is 11.1 Å². The van der Waals surface area contributed by atoms with Gasteiger partial charge in [0.05, 0.1) is 11.0 Å². The van der Waals surface area contributed by atoms with E-state index in [9.17, 15) is 14.9 Å². The van der Waals surface area contributed by atoms with E-state index < -0.39 is 22.3 Å². The third-order valence-electron chi connectivity index (χ3n) is 2.82. The topological polar surface area (TPSA) is 98.3 Å². The number of amides is 1. The van der Waals surface area contributed by atoms with Crippen molar-refractivity contribution in [3.63, 3.8) is 0 Å². The zero-order valence-electron chi connectivity index (χ0n) is 11.6. The summed E-state index contributed by atoms with van der Waals surface area (Å²) < 4.78 is 0. The van der Waals surface area contributed by atoms with Gasteiger partial charge in [0.1, 0.15) is 5.69 Å². The molecule has 1 rings (SSSR count). The molecule has 0 fully saturated rings. The average Bonchev–Trinajstić information content (AvgIpc) is 2.26. The molecule has 1 amide bonds. The third-order valence-corrected chi connectivity index (χ3v) is 2.82. The molecule has 0 saturated carbocycles. The second kappa shape index (κ2) is 5.36. The van der Waals surface area contributed by atoms with Gasteiger partial charge in [-0.1, -0.05) is 26.8 Å². The highest BCUT2D eigenvalue weighted by Crippen LogP contribution is 2.26. The molecule has 0 radical (unpaired) electrons. The van der Waals surface area contributed by atoms with Crippen LogP contribution in [-0.2, 0) is 4.79 Å². The Hall–Kier alpha value is -1.95. The molecule has 1 unspecified atom stereocenters. The lowest BCUT2D eigenvalue weighted by Crippen LogP contribution is -2.45. The van der Waals surface area contributed by atoms with E-state index in [0.29, 0.717) is 0 Å². The number of rotatable bonds is 3. The Morgan fingerprint density at radius 3 is 2.47 bits per heavy atom. The molecule has 0 aliphatic carbocycles. The predicted molar refractivity (Wildman–Crippen MR) is 73.9 cm³/mol. The van der Waals surface area contributed by atoms with Crippen molar-refractivity contribution in [1.29, 1.82) is 0 Å². The number of nitro benzene ring substituents is 1. The normalized spacial score (nSPS) is 12.9. The van der Waals surface area contributed by atoms with Gasteiger partial charge >= 0.3 is 0 Å². The average molecular weight is 265 g/mol. The molecule has 0 aromatic heterocycles. The largest absolute Gasteiger partial charge is 0.319 e. The molecule has 3 N–H and O–H groups in total. The van der Waals surface area contributed by atoms with Crippen LogP contribution in [0.5, 0.6) is 0 Å². The van der Waals surface area contributed by atoms with E-state index >= 15 is 0 Å². The maximum absolute atomic E-state index is 12.0. The first kappa shape index (κ1) is 15.1. The zero-order chi connectivity index (χ0) is 14.8. The SMILES string of the molecule is Cc1ccc([N+](=O)[O-])c(NC(=O)C(N)C(C)(C)C)c1. The van der Waals surface area contributed by atoms with Crippen molar-refractivity contribution in [1.82, 2.24) is 0 Å². The van der Waals surface area contributed by atoms with Gasteiger partial charge in [-0.2, -0.15) is 0 Å². The van der Waals surface area contributed by atoms with Gasteiger partial charge in [-0.3, -0.25) is 14.9 Å². The highest BCUT2D eigenvalue weighted by atomic mass is 16.6. The van der Waals surface area contributed by atoms with Crippen molar-refractivity contribution >= 4 is 17.3 Å². The summed E-state index contributed by atoms with van der Waals surface area (Å²) >= 11 is 0. The molecule has 6 heteroatoms. The smallest absolute Gasteiger partial charge is 0.292 e. The minimum atomic E-state index is -0.743.